The molecular formula is C30H22N4O. The van der Waals surface area contributed by atoms with Crippen molar-refractivity contribution in [3.8, 4) is 28.6 Å². The first-order valence-electron chi connectivity index (χ1n) is 11.8. The van der Waals surface area contributed by atoms with E-state index in [0.717, 1.165) is 52.5 Å². The van der Waals surface area contributed by atoms with E-state index in [2.05, 4.69) is 74.0 Å². The molecule has 4 heterocycles. The van der Waals surface area contributed by atoms with Gasteiger partial charge in [0.05, 0.1) is 11.0 Å². The lowest BCUT2D eigenvalue weighted by Crippen LogP contribution is -1.96. The molecule has 1 aliphatic rings. The van der Waals surface area contributed by atoms with Crippen LogP contribution in [0.1, 0.15) is 0 Å². The van der Waals surface area contributed by atoms with Crippen LogP contribution < -0.4 is 9.64 Å². The molecule has 0 spiro atoms. The standard InChI is InChI=1S/C30H22N4O/c1-2-9-27-25(8-1)26-12-11-22(19-28(26)34(27)29-10-3-4-14-31-29)21-6-5-7-24(18-21)35-30-20-23(13-15-32-30)33-16-17-33/h1-15,18-20H,16-17H2. The van der Waals surface area contributed by atoms with Gasteiger partial charge in [-0.05, 0) is 53.6 Å². The summed E-state index contributed by atoms with van der Waals surface area (Å²) in [6.07, 6.45) is 3.64. The largest absolute Gasteiger partial charge is 0.439 e. The number of nitrogens with zero attached hydrogens (tertiary/aromatic N) is 4. The van der Waals surface area contributed by atoms with Gasteiger partial charge in [-0.15, -0.1) is 0 Å². The highest BCUT2D eigenvalue weighted by molar-refractivity contribution is 6.10. The van der Waals surface area contributed by atoms with Gasteiger partial charge in [-0.1, -0.05) is 48.5 Å². The van der Waals surface area contributed by atoms with Gasteiger partial charge in [-0.3, -0.25) is 4.57 Å². The molecule has 1 saturated heterocycles. The molecule has 7 rings (SSSR count). The molecule has 0 atom stereocenters. The van der Waals surface area contributed by atoms with Crippen LogP contribution in [-0.4, -0.2) is 27.6 Å². The van der Waals surface area contributed by atoms with Crippen molar-refractivity contribution < 1.29 is 4.74 Å². The zero-order chi connectivity index (χ0) is 23.2. The Morgan fingerprint density at radius 1 is 0.629 bits per heavy atom. The summed E-state index contributed by atoms with van der Waals surface area (Å²) in [6.45, 7) is 2.19. The van der Waals surface area contributed by atoms with E-state index in [-0.39, 0.29) is 0 Å². The van der Waals surface area contributed by atoms with Gasteiger partial charge in [0.25, 0.3) is 0 Å². The van der Waals surface area contributed by atoms with Gasteiger partial charge >= 0.3 is 0 Å². The second-order valence-corrected chi connectivity index (χ2v) is 8.74. The highest BCUT2D eigenvalue weighted by atomic mass is 16.5. The summed E-state index contributed by atoms with van der Waals surface area (Å²) >= 11 is 0. The highest BCUT2D eigenvalue weighted by Crippen LogP contribution is 2.35. The third-order valence-corrected chi connectivity index (χ3v) is 6.47. The van der Waals surface area contributed by atoms with Crippen molar-refractivity contribution in [1.82, 2.24) is 14.5 Å². The monoisotopic (exact) mass is 454 g/mol. The molecule has 5 nitrogen and oxygen atoms in total. The van der Waals surface area contributed by atoms with Crippen LogP contribution in [-0.2, 0) is 0 Å². The lowest BCUT2D eigenvalue weighted by atomic mass is 10.0. The number of benzene rings is 3. The summed E-state index contributed by atoms with van der Waals surface area (Å²) in [6, 6.07) is 33.3. The van der Waals surface area contributed by atoms with E-state index >= 15 is 0 Å². The van der Waals surface area contributed by atoms with Gasteiger partial charge < -0.3 is 9.64 Å². The molecule has 3 aromatic heterocycles. The number of pyridine rings is 2. The second-order valence-electron chi connectivity index (χ2n) is 8.74. The average molecular weight is 455 g/mol. The average Bonchev–Trinajstić information content (AvgIpc) is 3.71. The first-order valence-corrected chi connectivity index (χ1v) is 11.8. The third-order valence-electron chi connectivity index (χ3n) is 6.47. The molecule has 0 unspecified atom stereocenters. The maximum Gasteiger partial charge on any atom is 0.221 e. The topological polar surface area (TPSA) is 43.0 Å². The fourth-order valence-corrected chi connectivity index (χ4v) is 4.70. The molecule has 0 saturated carbocycles. The number of aromatic nitrogens is 3. The SMILES string of the molecule is c1ccc(-n2c3ccccc3c3ccc(-c4cccc(Oc5cc(N6CC6)ccn5)c4)cc32)nc1. The smallest absolute Gasteiger partial charge is 0.221 e. The normalized spacial score (nSPS) is 12.9. The van der Waals surface area contributed by atoms with Crippen LogP contribution in [0.15, 0.2) is 109 Å². The van der Waals surface area contributed by atoms with Gasteiger partial charge in [0.1, 0.15) is 11.6 Å². The van der Waals surface area contributed by atoms with Crippen LogP contribution in [0.2, 0.25) is 0 Å². The lowest BCUT2D eigenvalue weighted by Gasteiger charge is -2.10. The number of hydrogen-bond acceptors (Lipinski definition) is 4. The Bertz CT molecular complexity index is 1690. The molecular weight excluding hydrogens is 432 g/mol. The summed E-state index contributed by atoms with van der Waals surface area (Å²) in [5.74, 6) is 2.28. The number of anilines is 1. The molecule has 0 amide bonds. The van der Waals surface area contributed by atoms with E-state index in [4.69, 9.17) is 4.74 Å². The number of ether oxygens (including phenoxy) is 1. The van der Waals surface area contributed by atoms with Crippen molar-refractivity contribution in [3.05, 3.63) is 109 Å². The van der Waals surface area contributed by atoms with E-state index in [1.54, 1.807) is 6.20 Å². The van der Waals surface area contributed by atoms with Crippen LogP contribution in [0.4, 0.5) is 5.69 Å². The Kier molecular flexibility index (Phi) is 4.52. The Morgan fingerprint density at radius 2 is 1.49 bits per heavy atom. The van der Waals surface area contributed by atoms with Crippen molar-refractivity contribution in [3.63, 3.8) is 0 Å². The summed E-state index contributed by atoms with van der Waals surface area (Å²) in [5, 5.41) is 2.42. The third kappa shape index (κ3) is 3.58. The first-order chi connectivity index (χ1) is 17.3. The van der Waals surface area contributed by atoms with Crippen molar-refractivity contribution in [1.29, 1.82) is 0 Å². The van der Waals surface area contributed by atoms with Gasteiger partial charge in [0.2, 0.25) is 5.88 Å². The molecule has 0 N–H and O–H groups in total. The van der Waals surface area contributed by atoms with Crippen LogP contribution >= 0.6 is 0 Å². The highest BCUT2D eigenvalue weighted by Gasteiger charge is 2.18. The quantitative estimate of drug-likeness (QED) is 0.267. The van der Waals surface area contributed by atoms with Crippen molar-refractivity contribution in [2.24, 2.45) is 0 Å². The number of fused-ring (bicyclic) bond motifs is 3. The van der Waals surface area contributed by atoms with Crippen LogP contribution in [0.5, 0.6) is 11.6 Å². The number of hydrogen-bond donors (Lipinski definition) is 0. The van der Waals surface area contributed by atoms with Gasteiger partial charge in [0, 0.05) is 48.0 Å². The minimum absolute atomic E-state index is 0.609. The van der Waals surface area contributed by atoms with Crippen LogP contribution in [0.25, 0.3) is 38.8 Å². The lowest BCUT2D eigenvalue weighted by molar-refractivity contribution is 0.463. The molecule has 168 valence electrons. The minimum Gasteiger partial charge on any atom is -0.439 e. The Morgan fingerprint density at radius 3 is 2.37 bits per heavy atom. The molecule has 1 fully saturated rings. The maximum absolute atomic E-state index is 6.13. The molecule has 0 radical (unpaired) electrons. The van der Waals surface area contributed by atoms with Crippen molar-refractivity contribution in [2.45, 2.75) is 0 Å². The van der Waals surface area contributed by atoms with Gasteiger partial charge in [-0.25, -0.2) is 9.97 Å². The second kappa shape index (κ2) is 7.99. The van der Waals surface area contributed by atoms with E-state index < -0.39 is 0 Å². The molecule has 0 bridgehead atoms. The Balaban J connectivity index is 1.31. The predicted octanol–water partition coefficient (Wildman–Crippen LogP) is 6.85. The van der Waals surface area contributed by atoms with Gasteiger partial charge in [-0.2, -0.15) is 0 Å². The van der Waals surface area contributed by atoms with Crippen LogP contribution in [0, 0.1) is 0 Å². The van der Waals surface area contributed by atoms with Gasteiger partial charge in [0.15, 0.2) is 0 Å². The van der Waals surface area contributed by atoms with E-state index in [1.807, 2.05) is 48.7 Å². The summed E-state index contributed by atoms with van der Waals surface area (Å²) < 4.78 is 8.37. The Hall–Kier alpha value is -4.64. The zero-order valence-electron chi connectivity index (χ0n) is 19.0. The molecule has 0 aliphatic carbocycles. The summed E-state index contributed by atoms with van der Waals surface area (Å²) in [7, 11) is 0. The maximum atomic E-state index is 6.13. The summed E-state index contributed by atoms with van der Waals surface area (Å²) in [4.78, 5) is 11.3. The predicted molar refractivity (Wildman–Crippen MR) is 141 cm³/mol. The fraction of sp³-hybridized carbons (Fsp3) is 0.0667. The fourth-order valence-electron chi connectivity index (χ4n) is 4.70. The van der Waals surface area contributed by atoms with Crippen molar-refractivity contribution in [2.75, 3.05) is 18.0 Å². The molecule has 3 aromatic carbocycles. The van der Waals surface area contributed by atoms with Crippen molar-refractivity contribution >= 4 is 27.5 Å². The molecule has 1 aliphatic heterocycles. The minimum atomic E-state index is 0.609. The summed E-state index contributed by atoms with van der Waals surface area (Å²) in [5.41, 5.74) is 5.63. The molecule has 5 heteroatoms. The molecule has 6 aromatic rings. The van der Waals surface area contributed by atoms with E-state index in [1.165, 1.54) is 10.8 Å². The van der Waals surface area contributed by atoms with Crippen LogP contribution in [0.3, 0.4) is 0 Å². The zero-order valence-corrected chi connectivity index (χ0v) is 19.0. The number of para-hydroxylation sites is 1. The van der Waals surface area contributed by atoms with E-state index in [9.17, 15) is 0 Å². The van der Waals surface area contributed by atoms with E-state index in [0.29, 0.717) is 5.88 Å². The Labute approximate surface area is 202 Å². The molecule has 35 heavy (non-hydrogen) atoms. The number of rotatable bonds is 5. The first kappa shape index (κ1) is 19.8.